The first-order valence-corrected chi connectivity index (χ1v) is 12.1. The van der Waals surface area contributed by atoms with Crippen LogP contribution < -0.4 is 15.8 Å². The number of hydrogen-bond donors (Lipinski definition) is 1. The molecular weight excluding hydrogens is 422 g/mol. The van der Waals surface area contributed by atoms with E-state index in [4.69, 9.17) is 0 Å². The number of rotatable bonds is 4. The number of nitrogens with one attached hydrogen (secondary N) is 1. The Bertz CT molecular complexity index is 1610. The van der Waals surface area contributed by atoms with Gasteiger partial charge in [0.2, 0.25) is 0 Å². The molecule has 0 aliphatic rings. The van der Waals surface area contributed by atoms with Crippen LogP contribution in [0.5, 0.6) is 0 Å². The highest BCUT2D eigenvalue weighted by molar-refractivity contribution is 5.99. The van der Waals surface area contributed by atoms with Gasteiger partial charge in [0.25, 0.3) is 0 Å². The first-order valence-electron chi connectivity index (χ1n) is 12.1. The van der Waals surface area contributed by atoms with E-state index in [1.54, 1.807) is 0 Å². The quantitative estimate of drug-likeness (QED) is 0.297. The standard InChI is InChI=1S/C34H31N/c1-22-10-13-27(14-11-22)33(32-19-12-24(3)30-8-6-7-9-31(30)32)28-15-17-29(18-16-28)35-34-25(4)20-23(2)21-26(34)5/h6-21,35H,1H2,2-5H3. The molecule has 5 aromatic rings. The summed E-state index contributed by atoms with van der Waals surface area (Å²) in [4.78, 5) is 0. The van der Waals surface area contributed by atoms with Crippen LogP contribution in [0.4, 0.5) is 11.4 Å². The summed E-state index contributed by atoms with van der Waals surface area (Å²) in [6.07, 6.45) is 0. The summed E-state index contributed by atoms with van der Waals surface area (Å²) in [5, 5.41) is 8.42. The lowest BCUT2D eigenvalue weighted by Gasteiger charge is -2.16. The Morgan fingerprint density at radius 3 is 1.91 bits per heavy atom. The van der Waals surface area contributed by atoms with E-state index in [-0.39, 0.29) is 0 Å². The highest BCUT2D eigenvalue weighted by Crippen LogP contribution is 2.32. The second-order valence-electron chi connectivity index (χ2n) is 9.52. The molecule has 0 heterocycles. The zero-order valence-electron chi connectivity index (χ0n) is 20.9. The highest BCUT2D eigenvalue weighted by atomic mass is 14.9. The highest BCUT2D eigenvalue weighted by Gasteiger charge is 2.12. The Morgan fingerprint density at radius 1 is 0.629 bits per heavy atom. The fraction of sp³-hybridized carbons (Fsp3) is 0.118. The van der Waals surface area contributed by atoms with E-state index >= 15 is 0 Å². The van der Waals surface area contributed by atoms with Crippen molar-refractivity contribution < 1.29 is 0 Å². The normalized spacial score (nSPS) is 11.0. The van der Waals surface area contributed by atoms with Crippen LogP contribution in [0.15, 0.2) is 97.1 Å². The second kappa shape index (κ2) is 9.27. The molecule has 0 aliphatic carbocycles. The van der Waals surface area contributed by atoms with Crippen molar-refractivity contribution in [3.63, 3.8) is 0 Å². The van der Waals surface area contributed by atoms with Gasteiger partial charge < -0.3 is 5.32 Å². The van der Waals surface area contributed by atoms with Crippen molar-refractivity contribution in [1.82, 2.24) is 0 Å². The van der Waals surface area contributed by atoms with Gasteiger partial charge in [-0.15, -0.1) is 0 Å². The Balaban J connectivity index is 1.65. The summed E-state index contributed by atoms with van der Waals surface area (Å²) in [5.74, 6) is 0. The maximum atomic E-state index is 4.08. The van der Waals surface area contributed by atoms with E-state index < -0.39 is 0 Å². The third-order valence-corrected chi connectivity index (χ3v) is 6.77. The zero-order chi connectivity index (χ0) is 24.5. The molecule has 5 rings (SSSR count). The van der Waals surface area contributed by atoms with E-state index in [1.165, 1.54) is 60.6 Å². The van der Waals surface area contributed by atoms with Gasteiger partial charge in [0.05, 0.1) is 0 Å². The number of hydrogen-bond acceptors (Lipinski definition) is 1. The third-order valence-electron chi connectivity index (χ3n) is 6.77. The van der Waals surface area contributed by atoms with Gasteiger partial charge in [0.1, 0.15) is 0 Å². The molecule has 0 bridgehead atoms. The van der Waals surface area contributed by atoms with Gasteiger partial charge in [0.15, 0.2) is 0 Å². The molecule has 1 heteroatoms. The molecule has 0 saturated carbocycles. The van der Waals surface area contributed by atoms with Crippen LogP contribution in [0.25, 0.3) is 22.9 Å². The molecule has 0 amide bonds. The first-order chi connectivity index (χ1) is 16.9. The van der Waals surface area contributed by atoms with E-state index in [0.717, 1.165) is 10.9 Å². The molecule has 0 atom stereocenters. The van der Waals surface area contributed by atoms with Crippen LogP contribution in [0, 0.1) is 27.7 Å². The van der Waals surface area contributed by atoms with Gasteiger partial charge in [0, 0.05) is 11.4 Å². The van der Waals surface area contributed by atoms with Crippen molar-refractivity contribution in [1.29, 1.82) is 0 Å². The smallest absolute Gasteiger partial charge is 0.0443 e. The molecule has 0 saturated heterocycles. The number of anilines is 2. The topological polar surface area (TPSA) is 12.0 Å². The van der Waals surface area contributed by atoms with Gasteiger partial charge in [-0.25, -0.2) is 0 Å². The third kappa shape index (κ3) is 4.50. The van der Waals surface area contributed by atoms with E-state index in [0.29, 0.717) is 0 Å². The summed E-state index contributed by atoms with van der Waals surface area (Å²) in [6.45, 7) is 12.7. The average molecular weight is 454 g/mol. The van der Waals surface area contributed by atoms with Gasteiger partial charge in [-0.05, 0) is 94.4 Å². The maximum Gasteiger partial charge on any atom is 0.0443 e. The molecule has 0 aliphatic heterocycles. The zero-order valence-corrected chi connectivity index (χ0v) is 20.9. The summed E-state index contributed by atoms with van der Waals surface area (Å²) in [7, 11) is 0. The number of benzene rings is 5. The maximum absolute atomic E-state index is 4.08. The van der Waals surface area contributed by atoms with Crippen molar-refractivity contribution in [3.8, 4) is 0 Å². The van der Waals surface area contributed by atoms with Gasteiger partial charge in [-0.2, -0.15) is 0 Å². The first kappa shape index (κ1) is 22.7. The Labute approximate surface area is 208 Å². The van der Waals surface area contributed by atoms with Gasteiger partial charge >= 0.3 is 0 Å². The molecule has 0 fully saturated rings. The van der Waals surface area contributed by atoms with Crippen molar-refractivity contribution >= 4 is 34.3 Å². The summed E-state index contributed by atoms with van der Waals surface area (Å²) >= 11 is 0. The minimum atomic E-state index is 1.02. The fourth-order valence-corrected chi connectivity index (χ4v) is 5.06. The Hall–Kier alpha value is -4.10. The van der Waals surface area contributed by atoms with Crippen molar-refractivity contribution in [2.75, 3.05) is 5.32 Å². The van der Waals surface area contributed by atoms with Crippen LogP contribution in [-0.2, 0) is 0 Å². The summed E-state index contributed by atoms with van der Waals surface area (Å²) in [5.41, 5.74) is 11.0. The van der Waals surface area contributed by atoms with E-state index in [9.17, 15) is 0 Å². The molecule has 0 unspecified atom stereocenters. The molecule has 0 radical (unpaired) electrons. The molecular formula is C34H31N. The lowest BCUT2D eigenvalue weighted by Crippen LogP contribution is -2.11. The lowest BCUT2D eigenvalue weighted by molar-refractivity contribution is 1.31. The SMILES string of the molecule is C=c1ccc(=C(c2ccc(Nc3c(C)cc(C)cc3C)cc2)c2ccc(C)c3ccccc23)cc1. The van der Waals surface area contributed by atoms with Crippen LogP contribution in [-0.4, -0.2) is 0 Å². The Kier molecular flexibility index (Phi) is 6.01. The minimum Gasteiger partial charge on any atom is -0.355 e. The lowest BCUT2D eigenvalue weighted by atomic mass is 9.90. The average Bonchev–Trinajstić information content (AvgIpc) is 2.85. The van der Waals surface area contributed by atoms with Gasteiger partial charge in [-0.3, -0.25) is 0 Å². The van der Waals surface area contributed by atoms with Crippen LogP contribution in [0.2, 0.25) is 0 Å². The summed E-state index contributed by atoms with van der Waals surface area (Å²) < 4.78 is 0. The summed E-state index contributed by atoms with van der Waals surface area (Å²) in [6, 6.07) is 35.0. The van der Waals surface area contributed by atoms with Crippen LogP contribution in [0.3, 0.4) is 0 Å². The second-order valence-corrected chi connectivity index (χ2v) is 9.52. The van der Waals surface area contributed by atoms with E-state index in [1.807, 2.05) is 0 Å². The molecule has 0 spiro atoms. The molecule has 35 heavy (non-hydrogen) atoms. The number of aryl methyl sites for hydroxylation is 4. The van der Waals surface area contributed by atoms with Crippen LogP contribution >= 0.6 is 0 Å². The predicted molar refractivity (Wildman–Crippen MR) is 152 cm³/mol. The van der Waals surface area contributed by atoms with E-state index in [2.05, 4.69) is 137 Å². The monoisotopic (exact) mass is 453 g/mol. The largest absolute Gasteiger partial charge is 0.355 e. The predicted octanol–water partition coefficient (Wildman–Crippen LogP) is 7.47. The molecule has 1 N–H and O–H groups in total. The fourth-order valence-electron chi connectivity index (χ4n) is 5.06. The Morgan fingerprint density at radius 2 is 1.26 bits per heavy atom. The van der Waals surface area contributed by atoms with Gasteiger partial charge in [-0.1, -0.05) is 97.1 Å². The molecule has 0 aromatic heterocycles. The van der Waals surface area contributed by atoms with Crippen molar-refractivity contribution in [2.45, 2.75) is 27.7 Å². The van der Waals surface area contributed by atoms with Crippen molar-refractivity contribution in [3.05, 3.63) is 141 Å². The van der Waals surface area contributed by atoms with Crippen molar-refractivity contribution in [2.24, 2.45) is 0 Å². The molecule has 5 aromatic carbocycles. The molecule has 172 valence electrons. The minimum absolute atomic E-state index is 1.02. The number of fused-ring (bicyclic) bond motifs is 1. The molecule has 1 nitrogen and oxygen atoms in total. The van der Waals surface area contributed by atoms with Crippen LogP contribution in [0.1, 0.15) is 33.4 Å².